The Hall–Kier alpha value is -1.47. The first-order chi connectivity index (χ1) is 37.3. The summed E-state index contributed by atoms with van der Waals surface area (Å²) in [4.78, 5) is 13.3. The van der Waals surface area contributed by atoms with Crippen molar-refractivity contribution in [2.45, 2.75) is 324 Å². The van der Waals surface area contributed by atoms with Gasteiger partial charge in [-0.1, -0.05) is 187 Å². The summed E-state index contributed by atoms with van der Waals surface area (Å²) in [6.07, 6.45) is 14.5. The highest BCUT2D eigenvalue weighted by atomic mass is 16.8. The molecule has 0 aromatic rings. The van der Waals surface area contributed by atoms with Crippen molar-refractivity contribution in [3.8, 4) is 0 Å². The van der Waals surface area contributed by atoms with Gasteiger partial charge in [0.15, 0.2) is 18.9 Å². The lowest BCUT2D eigenvalue weighted by atomic mass is 9.96. The maximum absolute atomic E-state index is 13.3. The fourth-order valence-electron chi connectivity index (χ4n) is 10.5. The number of unbranched alkanes of at least 4 members (excludes halogenated alkanes) is 27. The largest absolute Gasteiger partial charge is 0.394 e. The first kappa shape index (κ1) is 69.8. The van der Waals surface area contributed by atoms with Gasteiger partial charge in [-0.05, 0) is 38.5 Å². The van der Waals surface area contributed by atoms with Gasteiger partial charge in [-0.25, -0.2) is 0 Å². The zero-order chi connectivity index (χ0) is 56.2. The number of hydrogen-bond acceptors (Lipinski definition) is 18. The van der Waals surface area contributed by atoms with Crippen LogP contribution < -0.4 is 5.32 Å². The van der Waals surface area contributed by atoms with Crippen LogP contribution in [0, 0.1) is 0 Å². The quantitative estimate of drug-likeness (QED) is 0.0269. The summed E-state index contributed by atoms with van der Waals surface area (Å²) >= 11 is 0. The van der Waals surface area contributed by atoms with E-state index < -0.39 is 124 Å². The molecule has 0 spiro atoms. The summed E-state index contributed by atoms with van der Waals surface area (Å²) in [7, 11) is 0. The number of amides is 1. The van der Waals surface area contributed by atoms with Gasteiger partial charge in [0.2, 0.25) is 5.91 Å². The van der Waals surface area contributed by atoms with Gasteiger partial charge in [0, 0.05) is 6.42 Å². The maximum atomic E-state index is 13.3. The molecule has 1 amide bonds. The van der Waals surface area contributed by atoms with E-state index in [1.54, 1.807) is 0 Å². The van der Waals surface area contributed by atoms with E-state index in [1.165, 1.54) is 135 Å². The fraction of sp³-hybridized carbons (Fsp3) is 0.948. The summed E-state index contributed by atoms with van der Waals surface area (Å²) in [5, 5.41) is 120. The Morgan fingerprint density at radius 3 is 1.26 bits per heavy atom. The highest BCUT2D eigenvalue weighted by Gasteiger charge is 2.53. The van der Waals surface area contributed by atoms with E-state index in [9.17, 15) is 61.0 Å². The summed E-state index contributed by atoms with van der Waals surface area (Å²) in [6, 6.07) is -0.883. The van der Waals surface area contributed by atoms with E-state index in [4.69, 9.17) is 28.4 Å². The fourth-order valence-corrected chi connectivity index (χ4v) is 10.5. The Morgan fingerprint density at radius 1 is 0.455 bits per heavy atom. The molecule has 0 radical (unpaired) electrons. The van der Waals surface area contributed by atoms with Gasteiger partial charge in [0.25, 0.3) is 0 Å². The molecule has 19 nitrogen and oxygen atoms in total. The minimum absolute atomic E-state index is 0.245. The Labute approximate surface area is 461 Å². The molecule has 0 saturated carbocycles. The highest BCUT2D eigenvalue weighted by Crippen LogP contribution is 2.33. The first-order valence-corrected chi connectivity index (χ1v) is 30.4. The van der Waals surface area contributed by atoms with Crippen LogP contribution in [0.3, 0.4) is 0 Å². The van der Waals surface area contributed by atoms with Crippen LogP contribution in [-0.2, 0) is 33.2 Å². The molecule has 77 heavy (non-hydrogen) atoms. The van der Waals surface area contributed by atoms with Crippen LogP contribution in [-0.4, -0.2) is 193 Å². The number of aliphatic hydroxyl groups excluding tert-OH is 11. The second kappa shape index (κ2) is 42.4. The van der Waals surface area contributed by atoms with Gasteiger partial charge >= 0.3 is 0 Å². The van der Waals surface area contributed by atoms with Crippen molar-refractivity contribution < 1.29 is 89.4 Å². The molecule has 17 unspecified atom stereocenters. The second-order valence-corrected chi connectivity index (χ2v) is 22.2. The SMILES string of the molecule is CCCCCCCCCC/C=C\CCCCCCCCCCCC(=O)NC(COC1OC(CO)C(OC2OC(CO)C(OC3OC(CO)C(O)C(O)C3O)C(O)C2O)C(O)C1O)C(O)CCCCCCCCCCCCC. The zero-order valence-corrected chi connectivity index (χ0v) is 47.2. The Kier molecular flexibility index (Phi) is 38.4. The molecule has 3 aliphatic rings. The molecule has 19 heteroatoms. The van der Waals surface area contributed by atoms with Crippen molar-refractivity contribution in [2.24, 2.45) is 0 Å². The van der Waals surface area contributed by atoms with Crippen molar-refractivity contribution in [1.82, 2.24) is 5.32 Å². The third kappa shape index (κ3) is 26.5. The van der Waals surface area contributed by atoms with Crippen LogP contribution in [0.4, 0.5) is 0 Å². The van der Waals surface area contributed by atoms with Gasteiger partial charge in [-0.2, -0.15) is 0 Å². The normalized spacial score (nSPS) is 30.7. The standard InChI is InChI=1S/C58H109NO18/c1-3-5-7-9-11-13-15-16-17-18-19-20-21-22-23-24-26-28-30-32-34-36-46(64)59-41(42(63)35-33-31-29-27-25-14-12-10-8-6-4-2)40-72-56-52(70)49(67)54(44(38-61)74-56)77-58-53(71)50(68)55(45(39-62)75-58)76-57-51(69)48(66)47(65)43(37-60)73-57/h18-19,41-45,47-58,60-63,65-71H,3-17,20-40H2,1-2H3,(H,59,64)/b19-18-. The number of nitrogens with one attached hydrogen (secondary N) is 1. The third-order valence-electron chi connectivity index (χ3n) is 15.6. The number of carbonyl (C=O) groups is 1. The lowest BCUT2D eigenvalue weighted by Crippen LogP contribution is -2.66. The molecule has 454 valence electrons. The smallest absolute Gasteiger partial charge is 0.220 e. The van der Waals surface area contributed by atoms with Crippen LogP contribution >= 0.6 is 0 Å². The van der Waals surface area contributed by atoms with Gasteiger partial charge in [-0.15, -0.1) is 0 Å². The maximum Gasteiger partial charge on any atom is 0.220 e. The van der Waals surface area contributed by atoms with Gasteiger partial charge in [0.1, 0.15) is 73.2 Å². The summed E-state index contributed by atoms with van der Waals surface area (Å²) in [6.45, 7) is 1.78. The molecule has 0 aromatic heterocycles. The molecule has 3 heterocycles. The number of allylic oxidation sites excluding steroid dienone is 2. The van der Waals surface area contributed by atoms with Crippen molar-refractivity contribution in [3.05, 3.63) is 12.2 Å². The Balaban J connectivity index is 1.46. The number of rotatable bonds is 45. The molecule has 3 fully saturated rings. The molecule has 3 aliphatic heterocycles. The predicted octanol–water partition coefficient (Wildman–Crippen LogP) is 5.38. The second-order valence-electron chi connectivity index (χ2n) is 22.2. The van der Waals surface area contributed by atoms with E-state index >= 15 is 0 Å². The van der Waals surface area contributed by atoms with Gasteiger partial charge in [0.05, 0.1) is 38.6 Å². The zero-order valence-electron chi connectivity index (χ0n) is 47.2. The van der Waals surface area contributed by atoms with Crippen LogP contribution in [0.5, 0.6) is 0 Å². The molecule has 3 saturated heterocycles. The van der Waals surface area contributed by atoms with Crippen molar-refractivity contribution in [1.29, 1.82) is 0 Å². The Bertz CT molecular complexity index is 1460. The highest BCUT2D eigenvalue weighted by molar-refractivity contribution is 5.76. The van der Waals surface area contributed by atoms with Crippen LogP contribution in [0.1, 0.15) is 219 Å². The number of ether oxygens (including phenoxy) is 6. The van der Waals surface area contributed by atoms with Crippen LogP contribution in [0.15, 0.2) is 12.2 Å². The minimum Gasteiger partial charge on any atom is -0.394 e. The molecule has 12 N–H and O–H groups in total. The van der Waals surface area contributed by atoms with E-state index in [1.807, 2.05) is 0 Å². The molecule has 0 aliphatic carbocycles. The lowest BCUT2D eigenvalue weighted by Gasteiger charge is -2.48. The topological polar surface area (TPSA) is 307 Å². The van der Waals surface area contributed by atoms with E-state index in [0.29, 0.717) is 12.8 Å². The molecule has 0 aromatic carbocycles. The van der Waals surface area contributed by atoms with E-state index in [2.05, 4.69) is 31.3 Å². The van der Waals surface area contributed by atoms with Crippen LogP contribution in [0.25, 0.3) is 0 Å². The van der Waals surface area contributed by atoms with Crippen molar-refractivity contribution in [2.75, 3.05) is 26.4 Å². The van der Waals surface area contributed by atoms with Crippen molar-refractivity contribution >= 4 is 5.91 Å². The minimum atomic E-state index is -1.97. The molecular weight excluding hydrogens is 999 g/mol. The lowest BCUT2D eigenvalue weighted by molar-refractivity contribution is -0.379. The van der Waals surface area contributed by atoms with Crippen LogP contribution in [0.2, 0.25) is 0 Å². The van der Waals surface area contributed by atoms with E-state index in [-0.39, 0.29) is 18.9 Å². The molecular formula is C58H109NO18. The average Bonchev–Trinajstić information content (AvgIpc) is 3.44. The number of hydrogen-bond donors (Lipinski definition) is 12. The molecule has 3 rings (SSSR count). The third-order valence-corrected chi connectivity index (χ3v) is 15.6. The molecule has 0 bridgehead atoms. The average molecular weight is 1110 g/mol. The molecule has 17 atom stereocenters. The summed E-state index contributed by atoms with van der Waals surface area (Å²) in [5.74, 6) is -0.245. The summed E-state index contributed by atoms with van der Waals surface area (Å²) in [5.41, 5.74) is 0. The van der Waals surface area contributed by atoms with Gasteiger partial charge in [-0.3, -0.25) is 4.79 Å². The monoisotopic (exact) mass is 1110 g/mol. The summed E-state index contributed by atoms with van der Waals surface area (Å²) < 4.78 is 34.3. The predicted molar refractivity (Wildman–Crippen MR) is 291 cm³/mol. The first-order valence-electron chi connectivity index (χ1n) is 30.4. The number of aliphatic hydroxyl groups is 11. The van der Waals surface area contributed by atoms with E-state index in [0.717, 1.165) is 51.4 Å². The van der Waals surface area contributed by atoms with Crippen molar-refractivity contribution in [3.63, 3.8) is 0 Å². The van der Waals surface area contributed by atoms with Gasteiger partial charge < -0.3 is 89.9 Å². The number of carbonyl (C=O) groups excluding carboxylic acids is 1. The Morgan fingerprint density at radius 2 is 0.818 bits per heavy atom.